The zero-order valence-corrected chi connectivity index (χ0v) is 13.8. The Labute approximate surface area is 137 Å². The Morgan fingerprint density at radius 1 is 1.41 bits per heavy atom. The summed E-state index contributed by atoms with van der Waals surface area (Å²) in [6.07, 6.45) is 2.83. The predicted octanol–water partition coefficient (Wildman–Crippen LogP) is 2.30. The number of hydrogen-bond acceptors (Lipinski definition) is 3. The van der Waals surface area contributed by atoms with Crippen LogP contribution in [0, 0.1) is 0 Å². The third-order valence-corrected chi connectivity index (χ3v) is 3.82. The van der Waals surface area contributed by atoms with Gasteiger partial charge >= 0.3 is 0 Å². The maximum atomic E-state index is 12.0. The van der Waals surface area contributed by atoms with E-state index >= 15 is 0 Å². The zero-order chi connectivity index (χ0) is 15.4. The van der Waals surface area contributed by atoms with Crippen LogP contribution in [0.25, 0.3) is 0 Å². The number of nitrogens with two attached hydrogens (primary N) is 1. The van der Waals surface area contributed by atoms with Crippen LogP contribution in [0.15, 0.2) is 18.2 Å². The van der Waals surface area contributed by atoms with Gasteiger partial charge in [-0.15, -0.1) is 12.4 Å². The molecule has 0 aromatic heterocycles. The highest BCUT2D eigenvalue weighted by molar-refractivity contribution is 5.93. The van der Waals surface area contributed by atoms with E-state index in [2.05, 4.69) is 10.6 Å². The van der Waals surface area contributed by atoms with Gasteiger partial charge in [-0.2, -0.15) is 0 Å². The van der Waals surface area contributed by atoms with Crippen LogP contribution in [-0.2, 0) is 16.0 Å². The number of amides is 2. The molecule has 0 spiro atoms. The number of aryl methyl sites for hydroxylation is 1. The van der Waals surface area contributed by atoms with Crippen LogP contribution >= 0.6 is 12.4 Å². The van der Waals surface area contributed by atoms with Gasteiger partial charge in [0, 0.05) is 12.1 Å². The summed E-state index contributed by atoms with van der Waals surface area (Å²) < 4.78 is 0. The summed E-state index contributed by atoms with van der Waals surface area (Å²) in [7, 11) is 0. The molecule has 5 nitrogen and oxygen atoms in total. The van der Waals surface area contributed by atoms with Gasteiger partial charge in [0.25, 0.3) is 0 Å². The predicted molar refractivity (Wildman–Crippen MR) is 90.1 cm³/mol. The number of benzene rings is 1. The minimum atomic E-state index is -0.450. The van der Waals surface area contributed by atoms with Crippen molar-refractivity contribution in [3.63, 3.8) is 0 Å². The van der Waals surface area contributed by atoms with Gasteiger partial charge in [-0.1, -0.05) is 25.5 Å². The smallest absolute Gasteiger partial charge is 0.237 e. The second-order valence-electron chi connectivity index (χ2n) is 5.59. The first-order valence-corrected chi connectivity index (χ1v) is 7.50. The average molecular weight is 326 g/mol. The lowest BCUT2D eigenvalue weighted by molar-refractivity contribution is -0.123. The molecular formula is C16H24ClN3O2. The van der Waals surface area contributed by atoms with E-state index in [0.717, 1.165) is 29.7 Å². The number of anilines is 1. The lowest BCUT2D eigenvalue weighted by Crippen LogP contribution is -2.41. The second-order valence-corrected chi connectivity index (χ2v) is 5.59. The van der Waals surface area contributed by atoms with Crippen LogP contribution in [0.3, 0.4) is 0 Å². The topological polar surface area (TPSA) is 84.2 Å². The first-order chi connectivity index (χ1) is 10.0. The summed E-state index contributed by atoms with van der Waals surface area (Å²) in [5.41, 5.74) is 8.84. The van der Waals surface area contributed by atoms with Gasteiger partial charge < -0.3 is 16.4 Å². The monoisotopic (exact) mass is 325 g/mol. The van der Waals surface area contributed by atoms with E-state index in [-0.39, 0.29) is 30.3 Å². The molecule has 2 rings (SSSR count). The molecule has 1 aromatic carbocycles. The van der Waals surface area contributed by atoms with E-state index in [0.29, 0.717) is 12.8 Å². The summed E-state index contributed by atoms with van der Waals surface area (Å²) in [6.45, 7) is 3.95. The highest BCUT2D eigenvalue weighted by Gasteiger charge is 2.19. The van der Waals surface area contributed by atoms with Crippen LogP contribution in [0.1, 0.15) is 50.3 Å². The quantitative estimate of drug-likeness (QED) is 0.776. The number of halogens is 1. The molecule has 1 heterocycles. The minimum Gasteiger partial charge on any atom is -0.348 e. The largest absolute Gasteiger partial charge is 0.348 e. The molecular weight excluding hydrogens is 302 g/mol. The molecule has 0 saturated carbocycles. The SMILES string of the molecule is CCCC(N)C(=O)NC(C)c1ccc2c(c1)CCC(=O)N2.Cl. The van der Waals surface area contributed by atoms with E-state index in [9.17, 15) is 9.59 Å². The fraction of sp³-hybridized carbons (Fsp3) is 0.500. The number of nitrogens with one attached hydrogen (secondary N) is 2. The average Bonchev–Trinajstić information content (AvgIpc) is 2.46. The second kappa shape index (κ2) is 8.15. The van der Waals surface area contributed by atoms with Crippen molar-refractivity contribution >= 4 is 29.9 Å². The van der Waals surface area contributed by atoms with Crippen LogP contribution in [0.2, 0.25) is 0 Å². The van der Waals surface area contributed by atoms with Gasteiger partial charge in [0.1, 0.15) is 0 Å². The molecule has 0 saturated heterocycles. The molecule has 1 aliphatic heterocycles. The van der Waals surface area contributed by atoms with Gasteiger partial charge in [0.05, 0.1) is 12.1 Å². The standard InChI is InChI=1S/C16H23N3O2.ClH/c1-3-4-13(17)16(21)18-10(2)11-5-7-14-12(9-11)6-8-15(20)19-14;/h5,7,9-10,13H,3-4,6,8,17H2,1-2H3,(H,18,21)(H,19,20);1H. The Morgan fingerprint density at radius 3 is 2.82 bits per heavy atom. The van der Waals surface area contributed by atoms with Crippen molar-refractivity contribution in [2.75, 3.05) is 5.32 Å². The maximum absolute atomic E-state index is 12.0. The normalized spacial score (nSPS) is 15.9. The number of fused-ring (bicyclic) bond motifs is 1. The molecule has 1 aliphatic rings. The first-order valence-electron chi connectivity index (χ1n) is 7.50. The Kier molecular flexibility index (Phi) is 6.84. The Bertz CT molecular complexity index is 548. The highest BCUT2D eigenvalue weighted by atomic mass is 35.5. The maximum Gasteiger partial charge on any atom is 0.237 e. The Morgan fingerprint density at radius 2 is 2.14 bits per heavy atom. The van der Waals surface area contributed by atoms with Crippen molar-refractivity contribution in [3.05, 3.63) is 29.3 Å². The fourth-order valence-corrected chi connectivity index (χ4v) is 2.52. The van der Waals surface area contributed by atoms with E-state index < -0.39 is 6.04 Å². The lowest BCUT2D eigenvalue weighted by Gasteiger charge is -2.21. The van der Waals surface area contributed by atoms with E-state index in [1.165, 1.54) is 0 Å². The van der Waals surface area contributed by atoms with Crippen molar-refractivity contribution in [3.8, 4) is 0 Å². The summed E-state index contributed by atoms with van der Waals surface area (Å²) in [4.78, 5) is 23.3. The molecule has 0 radical (unpaired) electrons. The van der Waals surface area contributed by atoms with Crippen molar-refractivity contribution in [1.82, 2.24) is 5.32 Å². The fourth-order valence-electron chi connectivity index (χ4n) is 2.52. The van der Waals surface area contributed by atoms with Gasteiger partial charge in [0.15, 0.2) is 0 Å². The number of carbonyl (C=O) groups excluding carboxylic acids is 2. The molecule has 0 bridgehead atoms. The third-order valence-electron chi connectivity index (χ3n) is 3.82. The molecule has 0 aliphatic carbocycles. The van der Waals surface area contributed by atoms with Crippen molar-refractivity contribution < 1.29 is 9.59 Å². The molecule has 22 heavy (non-hydrogen) atoms. The van der Waals surface area contributed by atoms with E-state index in [1.54, 1.807) is 0 Å². The van der Waals surface area contributed by atoms with Gasteiger partial charge in [0.2, 0.25) is 11.8 Å². The number of carbonyl (C=O) groups is 2. The molecule has 1 aromatic rings. The molecule has 0 fully saturated rings. The van der Waals surface area contributed by atoms with E-state index in [1.807, 2.05) is 32.0 Å². The summed E-state index contributed by atoms with van der Waals surface area (Å²) in [5.74, 6) is -0.0579. The molecule has 122 valence electrons. The number of rotatable bonds is 5. The van der Waals surface area contributed by atoms with Crippen LogP contribution in [0.4, 0.5) is 5.69 Å². The number of hydrogen-bond donors (Lipinski definition) is 3. The van der Waals surface area contributed by atoms with Crippen LogP contribution in [-0.4, -0.2) is 17.9 Å². The van der Waals surface area contributed by atoms with Crippen molar-refractivity contribution in [2.24, 2.45) is 5.73 Å². The van der Waals surface area contributed by atoms with Gasteiger partial charge in [-0.3, -0.25) is 9.59 Å². The summed E-state index contributed by atoms with van der Waals surface area (Å²) in [6, 6.07) is 5.33. The lowest BCUT2D eigenvalue weighted by atomic mass is 9.97. The minimum absolute atomic E-state index is 0. The van der Waals surface area contributed by atoms with Gasteiger partial charge in [-0.05, 0) is 37.0 Å². The van der Waals surface area contributed by atoms with Crippen molar-refractivity contribution in [1.29, 1.82) is 0 Å². The molecule has 4 N–H and O–H groups in total. The molecule has 2 amide bonds. The zero-order valence-electron chi connectivity index (χ0n) is 13.0. The third kappa shape index (κ3) is 4.45. The van der Waals surface area contributed by atoms with Crippen molar-refractivity contribution in [2.45, 2.75) is 51.6 Å². The van der Waals surface area contributed by atoms with E-state index in [4.69, 9.17) is 5.73 Å². The van der Waals surface area contributed by atoms with Crippen LogP contribution < -0.4 is 16.4 Å². The molecule has 2 atom stereocenters. The van der Waals surface area contributed by atoms with Crippen LogP contribution in [0.5, 0.6) is 0 Å². The molecule has 2 unspecified atom stereocenters. The summed E-state index contributed by atoms with van der Waals surface area (Å²) in [5, 5.41) is 5.80. The molecule has 6 heteroatoms. The Balaban J connectivity index is 0.00000242. The highest BCUT2D eigenvalue weighted by Crippen LogP contribution is 2.26. The first kappa shape index (κ1) is 18.5. The Hall–Kier alpha value is -1.59. The van der Waals surface area contributed by atoms with Gasteiger partial charge in [-0.25, -0.2) is 0 Å². The summed E-state index contributed by atoms with van der Waals surface area (Å²) >= 11 is 0.